The molecule has 0 radical (unpaired) electrons. The van der Waals surface area contributed by atoms with E-state index < -0.39 is 0 Å². The minimum Gasteiger partial charge on any atom is -0.497 e. The molecular weight excluding hydrogens is 252 g/mol. The van der Waals surface area contributed by atoms with Crippen LogP contribution in [0.3, 0.4) is 0 Å². The topological polar surface area (TPSA) is 24.9 Å². The maximum atomic E-state index is 5.55. The molecule has 0 N–H and O–H groups in total. The summed E-state index contributed by atoms with van der Waals surface area (Å²) in [5.41, 5.74) is 1.16. The summed E-state index contributed by atoms with van der Waals surface area (Å²) in [6.07, 6.45) is 2.65. The lowest BCUT2D eigenvalue weighted by Crippen LogP contribution is -2.55. The summed E-state index contributed by atoms with van der Waals surface area (Å²) < 4.78 is 10.9. The average molecular weight is 276 g/mol. The quantitative estimate of drug-likeness (QED) is 0.846. The molecule has 0 bridgehead atoms. The molecule has 1 aromatic rings. The number of nitrogens with zero attached hydrogens (tertiary/aromatic N) is 2. The summed E-state index contributed by atoms with van der Waals surface area (Å²) in [5.74, 6) is 1.82. The molecule has 0 amide bonds. The van der Waals surface area contributed by atoms with Gasteiger partial charge in [-0.1, -0.05) is 0 Å². The van der Waals surface area contributed by atoms with Crippen molar-refractivity contribution in [1.82, 2.24) is 4.90 Å². The van der Waals surface area contributed by atoms with E-state index in [-0.39, 0.29) is 0 Å². The highest BCUT2D eigenvalue weighted by atomic mass is 16.5. The molecule has 0 aromatic heterocycles. The molecule has 3 rings (SSSR count). The molecule has 2 aliphatic heterocycles. The van der Waals surface area contributed by atoms with Crippen LogP contribution in [0.5, 0.6) is 11.5 Å². The van der Waals surface area contributed by atoms with Crippen molar-refractivity contribution in [3.05, 3.63) is 18.2 Å². The Hall–Kier alpha value is -1.42. The van der Waals surface area contributed by atoms with E-state index in [0.29, 0.717) is 12.1 Å². The molecule has 2 unspecified atom stereocenters. The summed E-state index contributed by atoms with van der Waals surface area (Å²) in [6.45, 7) is 5.79. The predicted molar refractivity (Wildman–Crippen MR) is 80.9 cm³/mol. The predicted octanol–water partition coefficient (Wildman–Crippen LogP) is 2.38. The van der Waals surface area contributed by atoms with Gasteiger partial charge in [-0.15, -0.1) is 0 Å². The van der Waals surface area contributed by atoms with E-state index in [2.05, 4.69) is 22.8 Å². The second-order valence-electron chi connectivity index (χ2n) is 5.83. The fourth-order valence-corrected chi connectivity index (χ4v) is 3.54. The van der Waals surface area contributed by atoms with Gasteiger partial charge in [-0.3, -0.25) is 4.90 Å². The molecule has 110 valence electrons. The molecule has 4 heteroatoms. The third kappa shape index (κ3) is 2.33. The van der Waals surface area contributed by atoms with Crippen LogP contribution in [0.25, 0.3) is 0 Å². The van der Waals surface area contributed by atoms with Gasteiger partial charge in [-0.25, -0.2) is 0 Å². The number of fused-ring (bicyclic) bond motifs is 1. The van der Waals surface area contributed by atoms with Crippen molar-refractivity contribution < 1.29 is 9.47 Å². The van der Waals surface area contributed by atoms with Crippen molar-refractivity contribution in [2.45, 2.75) is 31.8 Å². The second kappa shape index (κ2) is 5.52. The summed E-state index contributed by atoms with van der Waals surface area (Å²) in [4.78, 5) is 5.11. The van der Waals surface area contributed by atoms with Gasteiger partial charge in [-0.2, -0.15) is 0 Å². The summed E-state index contributed by atoms with van der Waals surface area (Å²) in [5, 5.41) is 0. The molecule has 0 spiro atoms. The van der Waals surface area contributed by atoms with Crippen LogP contribution in [0.4, 0.5) is 5.69 Å². The fraction of sp³-hybridized carbons (Fsp3) is 0.625. The molecular formula is C16H24N2O2. The molecule has 20 heavy (non-hydrogen) atoms. The van der Waals surface area contributed by atoms with E-state index in [1.807, 2.05) is 12.1 Å². The van der Waals surface area contributed by atoms with E-state index in [1.54, 1.807) is 14.2 Å². The third-order valence-corrected chi connectivity index (χ3v) is 4.63. The zero-order chi connectivity index (χ0) is 14.1. The first-order chi connectivity index (χ1) is 9.72. The van der Waals surface area contributed by atoms with Crippen molar-refractivity contribution in [1.29, 1.82) is 0 Å². The largest absolute Gasteiger partial charge is 0.497 e. The van der Waals surface area contributed by atoms with Crippen molar-refractivity contribution >= 4 is 5.69 Å². The highest BCUT2D eigenvalue weighted by molar-refractivity contribution is 5.62. The van der Waals surface area contributed by atoms with Crippen LogP contribution >= 0.6 is 0 Å². The normalized spacial score (nSPS) is 26.4. The number of methoxy groups -OCH3 is 2. The van der Waals surface area contributed by atoms with Gasteiger partial charge in [0.1, 0.15) is 11.5 Å². The van der Waals surface area contributed by atoms with E-state index in [1.165, 1.54) is 19.4 Å². The van der Waals surface area contributed by atoms with Gasteiger partial charge in [0, 0.05) is 31.2 Å². The summed E-state index contributed by atoms with van der Waals surface area (Å²) in [6, 6.07) is 7.26. The number of hydrogen-bond acceptors (Lipinski definition) is 4. The van der Waals surface area contributed by atoms with Gasteiger partial charge in [0.2, 0.25) is 0 Å². The van der Waals surface area contributed by atoms with Crippen LogP contribution in [-0.2, 0) is 0 Å². The highest BCUT2D eigenvalue weighted by Crippen LogP contribution is 2.36. The summed E-state index contributed by atoms with van der Waals surface area (Å²) in [7, 11) is 3.45. The van der Waals surface area contributed by atoms with Gasteiger partial charge < -0.3 is 14.4 Å². The van der Waals surface area contributed by atoms with Crippen LogP contribution in [-0.4, -0.2) is 50.8 Å². The molecule has 2 aliphatic rings. The van der Waals surface area contributed by atoms with Gasteiger partial charge in [0.15, 0.2) is 0 Å². The van der Waals surface area contributed by atoms with E-state index in [4.69, 9.17) is 9.47 Å². The van der Waals surface area contributed by atoms with E-state index >= 15 is 0 Å². The van der Waals surface area contributed by atoms with Crippen molar-refractivity contribution in [3.63, 3.8) is 0 Å². The third-order valence-electron chi connectivity index (χ3n) is 4.63. The van der Waals surface area contributed by atoms with Gasteiger partial charge in [0.25, 0.3) is 0 Å². The first-order valence-corrected chi connectivity index (χ1v) is 7.45. The molecule has 0 aliphatic carbocycles. The van der Waals surface area contributed by atoms with Crippen LogP contribution < -0.4 is 14.4 Å². The Kier molecular flexibility index (Phi) is 3.74. The van der Waals surface area contributed by atoms with Crippen LogP contribution in [0, 0.1) is 0 Å². The zero-order valence-electron chi connectivity index (χ0n) is 12.6. The molecule has 1 aromatic carbocycles. The lowest BCUT2D eigenvalue weighted by molar-refractivity contribution is 0.202. The molecule has 2 saturated heterocycles. The Labute approximate surface area is 121 Å². The zero-order valence-corrected chi connectivity index (χ0v) is 12.6. The molecule has 2 atom stereocenters. The Morgan fingerprint density at radius 2 is 2.00 bits per heavy atom. The van der Waals surface area contributed by atoms with E-state index in [0.717, 1.165) is 30.3 Å². The SMILES string of the molecule is COc1ccc(OC)c(N2CC3CCCN3CC2C)c1. The Balaban J connectivity index is 1.90. The second-order valence-corrected chi connectivity index (χ2v) is 5.83. The van der Waals surface area contributed by atoms with Gasteiger partial charge in [-0.05, 0) is 38.4 Å². The lowest BCUT2D eigenvalue weighted by Gasteiger charge is -2.44. The summed E-state index contributed by atoms with van der Waals surface area (Å²) >= 11 is 0. The maximum Gasteiger partial charge on any atom is 0.142 e. The number of piperazine rings is 1. The number of ether oxygens (including phenoxy) is 2. The van der Waals surface area contributed by atoms with Crippen LogP contribution in [0.2, 0.25) is 0 Å². The minimum atomic E-state index is 0.505. The van der Waals surface area contributed by atoms with Gasteiger partial charge in [0.05, 0.1) is 19.9 Å². The number of benzene rings is 1. The van der Waals surface area contributed by atoms with Crippen molar-refractivity contribution in [2.75, 3.05) is 38.8 Å². The maximum absolute atomic E-state index is 5.55. The van der Waals surface area contributed by atoms with Crippen LogP contribution in [0.1, 0.15) is 19.8 Å². The molecule has 2 fully saturated rings. The highest BCUT2D eigenvalue weighted by Gasteiger charge is 2.35. The Morgan fingerprint density at radius 3 is 2.75 bits per heavy atom. The first-order valence-electron chi connectivity index (χ1n) is 7.45. The Morgan fingerprint density at radius 1 is 1.15 bits per heavy atom. The lowest BCUT2D eigenvalue weighted by atomic mass is 10.1. The van der Waals surface area contributed by atoms with E-state index in [9.17, 15) is 0 Å². The standard InChI is InChI=1S/C16H24N2O2/c1-12-10-17-8-4-5-13(17)11-18(12)15-9-14(19-2)6-7-16(15)20-3/h6-7,9,12-13H,4-5,8,10-11H2,1-3H3. The first kappa shape index (κ1) is 13.6. The number of rotatable bonds is 3. The smallest absolute Gasteiger partial charge is 0.142 e. The monoisotopic (exact) mass is 276 g/mol. The Bertz CT molecular complexity index is 478. The minimum absolute atomic E-state index is 0.505. The average Bonchev–Trinajstić information content (AvgIpc) is 2.92. The molecule has 4 nitrogen and oxygen atoms in total. The van der Waals surface area contributed by atoms with Crippen LogP contribution in [0.15, 0.2) is 18.2 Å². The van der Waals surface area contributed by atoms with Crippen molar-refractivity contribution in [3.8, 4) is 11.5 Å². The molecule has 0 saturated carbocycles. The number of anilines is 1. The van der Waals surface area contributed by atoms with Gasteiger partial charge >= 0.3 is 0 Å². The fourth-order valence-electron chi connectivity index (χ4n) is 3.54. The molecule has 2 heterocycles. The van der Waals surface area contributed by atoms with Crippen molar-refractivity contribution in [2.24, 2.45) is 0 Å². The number of hydrogen-bond donors (Lipinski definition) is 0.